The van der Waals surface area contributed by atoms with Crippen LogP contribution < -0.4 is 0 Å². The van der Waals surface area contributed by atoms with Crippen molar-refractivity contribution in [3.05, 3.63) is 182 Å². The molecule has 57 heavy (non-hydrogen) atoms. The molecule has 0 aliphatic heterocycles. The zero-order valence-corrected chi connectivity index (χ0v) is 30.5. The maximum Gasteiger partial charge on any atom is 0.144 e. The van der Waals surface area contributed by atoms with Gasteiger partial charge in [-0.3, -0.25) is 0 Å². The molecule has 0 atom stereocenters. The van der Waals surface area contributed by atoms with Crippen LogP contribution in [0, 0.1) is 0 Å². The van der Waals surface area contributed by atoms with Crippen LogP contribution in [0.4, 0.5) is 0 Å². The van der Waals surface area contributed by atoms with Gasteiger partial charge in [0.2, 0.25) is 0 Å². The average molecular weight is 727 g/mol. The third-order valence-electron chi connectivity index (χ3n) is 11.2. The molecule has 0 saturated carbocycles. The third-order valence-corrected chi connectivity index (χ3v) is 11.2. The van der Waals surface area contributed by atoms with E-state index in [2.05, 4.69) is 146 Å². The van der Waals surface area contributed by atoms with Gasteiger partial charge in [-0.2, -0.15) is 0 Å². The minimum absolute atomic E-state index is 0.885. The van der Waals surface area contributed by atoms with Gasteiger partial charge in [0.05, 0.1) is 44.8 Å². The molecule has 0 unspecified atom stereocenters. The fourth-order valence-electron chi connectivity index (χ4n) is 8.41. The Kier molecular flexibility index (Phi) is 6.86. The van der Waals surface area contributed by atoms with Crippen LogP contribution in [0.15, 0.2) is 186 Å². The molecule has 7 aromatic carbocycles. The minimum atomic E-state index is 0.885. The molecule has 264 valence electrons. The second-order valence-corrected chi connectivity index (χ2v) is 14.6. The standard InChI is InChI=1S/C52H30N4O/c1-2-9-31(10-3-1)42-25-19-32-17-18-33-20-26-45(55-51(33)50(32)54-42)36-22-28-44-35(29-36)21-27-43(53-44)34-11-8-12-37(30-34)49-41-24-23-39-38-13-5-7-16-47(38)57-52(39)48(41)40-14-4-6-15-46(40)56-49/h1-30H. The highest BCUT2D eigenvalue weighted by Crippen LogP contribution is 2.41. The molecule has 12 rings (SSSR count). The molecule has 0 radical (unpaired) electrons. The summed E-state index contributed by atoms with van der Waals surface area (Å²) in [5.41, 5.74) is 13.2. The van der Waals surface area contributed by atoms with Crippen LogP contribution in [0.25, 0.3) is 121 Å². The van der Waals surface area contributed by atoms with Gasteiger partial charge in [-0.15, -0.1) is 0 Å². The Hall–Kier alpha value is -7.76. The molecular weight excluding hydrogens is 697 g/mol. The molecule has 5 heteroatoms. The summed E-state index contributed by atoms with van der Waals surface area (Å²) in [5, 5.41) is 8.62. The highest BCUT2D eigenvalue weighted by molar-refractivity contribution is 6.24. The zero-order valence-electron chi connectivity index (χ0n) is 30.5. The van der Waals surface area contributed by atoms with Gasteiger partial charge in [0, 0.05) is 65.3 Å². The maximum absolute atomic E-state index is 6.55. The van der Waals surface area contributed by atoms with Crippen LogP contribution in [-0.2, 0) is 0 Å². The number of benzene rings is 7. The lowest BCUT2D eigenvalue weighted by Crippen LogP contribution is -1.92. The quantitative estimate of drug-likeness (QED) is 0.169. The van der Waals surface area contributed by atoms with E-state index in [1.54, 1.807) is 0 Å². The lowest BCUT2D eigenvalue weighted by Gasteiger charge is -2.12. The van der Waals surface area contributed by atoms with Crippen molar-refractivity contribution < 1.29 is 4.42 Å². The molecule has 12 aromatic rings. The van der Waals surface area contributed by atoms with Gasteiger partial charge < -0.3 is 4.42 Å². The molecule has 5 heterocycles. The smallest absolute Gasteiger partial charge is 0.144 e. The van der Waals surface area contributed by atoms with E-state index in [1.807, 2.05) is 36.4 Å². The Balaban J connectivity index is 0.932. The SMILES string of the molecule is c1ccc(-c2ccc3ccc4ccc(-c5ccc6nc(-c7cccc(-c8nc9ccccc9c9c8ccc8c%10ccccc%10oc89)c7)ccc6c5)nc4c3n2)cc1. The molecule has 5 aromatic heterocycles. The fraction of sp³-hybridized carbons (Fsp3) is 0. The molecule has 0 amide bonds. The first-order chi connectivity index (χ1) is 28.2. The van der Waals surface area contributed by atoms with Gasteiger partial charge >= 0.3 is 0 Å². The van der Waals surface area contributed by atoms with Crippen molar-refractivity contribution in [1.82, 2.24) is 19.9 Å². The Morgan fingerprint density at radius 2 is 0.947 bits per heavy atom. The molecule has 0 aliphatic rings. The Labute approximate surface area is 326 Å². The number of aromatic nitrogens is 4. The number of para-hydroxylation sites is 2. The van der Waals surface area contributed by atoms with Crippen molar-refractivity contribution in [3.8, 4) is 45.0 Å². The van der Waals surface area contributed by atoms with Gasteiger partial charge in [0.1, 0.15) is 11.2 Å². The molecule has 0 N–H and O–H groups in total. The van der Waals surface area contributed by atoms with Gasteiger partial charge in [-0.05, 0) is 54.6 Å². The summed E-state index contributed by atoms with van der Waals surface area (Å²) in [6, 6.07) is 63.1. The van der Waals surface area contributed by atoms with Crippen LogP contribution in [0.2, 0.25) is 0 Å². The predicted molar refractivity (Wildman–Crippen MR) is 234 cm³/mol. The van der Waals surface area contributed by atoms with E-state index in [1.165, 1.54) is 0 Å². The van der Waals surface area contributed by atoms with Crippen molar-refractivity contribution in [2.45, 2.75) is 0 Å². The van der Waals surface area contributed by atoms with Crippen LogP contribution in [0.1, 0.15) is 0 Å². The maximum atomic E-state index is 6.55. The number of fused-ring (bicyclic) bond motifs is 11. The number of nitrogens with zero attached hydrogens (tertiary/aromatic N) is 4. The first-order valence-electron chi connectivity index (χ1n) is 19.1. The van der Waals surface area contributed by atoms with E-state index >= 15 is 0 Å². The first kappa shape index (κ1) is 31.6. The van der Waals surface area contributed by atoms with E-state index in [4.69, 9.17) is 24.4 Å². The topological polar surface area (TPSA) is 64.7 Å². The summed E-state index contributed by atoms with van der Waals surface area (Å²) in [7, 11) is 0. The first-order valence-corrected chi connectivity index (χ1v) is 19.1. The van der Waals surface area contributed by atoms with Crippen molar-refractivity contribution in [1.29, 1.82) is 0 Å². The summed E-state index contributed by atoms with van der Waals surface area (Å²) < 4.78 is 6.55. The van der Waals surface area contributed by atoms with Gasteiger partial charge in [0.15, 0.2) is 0 Å². The fourth-order valence-corrected chi connectivity index (χ4v) is 8.41. The van der Waals surface area contributed by atoms with Gasteiger partial charge in [-0.1, -0.05) is 127 Å². The number of pyridine rings is 4. The van der Waals surface area contributed by atoms with Gasteiger partial charge in [0.25, 0.3) is 0 Å². The average Bonchev–Trinajstić information content (AvgIpc) is 3.67. The third kappa shape index (κ3) is 5.10. The highest BCUT2D eigenvalue weighted by Gasteiger charge is 2.18. The molecule has 0 bridgehead atoms. The zero-order chi connectivity index (χ0) is 37.5. The van der Waals surface area contributed by atoms with Gasteiger partial charge in [-0.25, -0.2) is 19.9 Å². The second kappa shape index (κ2) is 12.4. The molecule has 0 saturated heterocycles. The number of rotatable bonds is 4. The van der Waals surface area contributed by atoms with Crippen molar-refractivity contribution in [2.24, 2.45) is 0 Å². The summed E-state index contributed by atoms with van der Waals surface area (Å²) in [6.45, 7) is 0. The minimum Gasteiger partial charge on any atom is -0.455 e. The number of hydrogen-bond donors (Lipinski definition) is 0. The summed E-state index contributed by atoms with van der Waals surface area (Å²) in [4.78, 5) is 20.7. The van der Waals surface area contributed by atoms with Crippen LogP contribution in [0.5, 0.6) is 0 Å². The van der Waals surface area contributed by atoms with Crippen LogP contribution in [0.3, 0.4) is 0 Å². The van der Waals surface area contributed by atoms with Crippen molar-refractivity contribution >= 4 is 76.3 Å². The Morgan fingerprint density at radius 1 is 0.333 bits per heavy atom. The van der Waals surface area contributed by atoms with E-state index < -0.39 is 0 Å². The summed E-state index contributed by atoms with van der Waals surface area (Å²) in [6.07, 6.45) is 0. The summed E-state index contributed by atoms with van der Waals surface area (Å²) >= 11 is 0. The van der Waals surface area contributed by atoms with E-state index in [-0.39, 0.29) is 0 Å². The van der Waals surface area contributed by atoms with Crippen molar-refractivity contribution in [3.63, 3.8) is 0 Å². The van der Waals surface area contributed by atoms with Crippen LogP contribution in [-0.4, -0.2) is 19.9 Å². The number of furan rings is 1. The highest BCUT2D eigenvalue weighted by atomic mass is 16.3. The summed E-state index contributed by atoms with van der Waals surface area (Å²) in [5.74, 6) is 0. The van der Waals surface area contributed by atoms with E-state index in [0.717, 1.165) is 121 Å². The molecular formula is C52H30N4O. The lowest BCUT2D eigenvalue weighted by atomic mass is 9.96. The predicted octanol–water partition coefficient (Wildman–Crippen LogP) is 13.6. The largest absolute Gasteiger partial charge is 0.455 e. The number of hydrogen-bond acceptors (Lipinski definition) is 5. The van der Waals surface area contributed by atoms with E-state index in [0.29, 0.717) is 0 Å². The molecule has 0 spiro atoms. The Morgan fingerprint density at radius 3 is 1.77 bits per heavy atom. The van der Waals surface area contributed by atoms with E-state index in [9.17, 15) is 0 Å². The normalized spacial score (nSPS) is 11.9. The lowest BCUT2D eigenvalue weighted by molar-refractivity contribution is 0.673. The van der Waals surface area contributed by atoms with Crippen LogP contribution >= 0.6 is 0 Å². The molecule has 0 fully saturated rings. The van der Waals surface area contributed by atoms with Crippen molar-refractivity contribution in [2.75, 3.05) is 0 Å². The monoisotopic (exact) mass is 726 g/mol. The molecule has 0 aliphatic carbocycles. The molecule has 5 nitrogen and oxygen atoms in total. The second-order valence-electron chi connectivity index (χ2n) is 14.6. The Bertz CT molecular complexity index is 3590.